The van der Waals surface area contributed by atoms with Gasteiger partial charge in [0.05, 0.1) is 11.9 Å². The lowest BCUT2D eigenvalue weighted by atomic mass is 10.1. The maximum absolute atomic E-state index is 12.1. The number of nitrogens with one attached hydrogen (secondary N) is 2. The first-order valence-corrected chi connectivity index (χ1v) is 7.23. The molecule has 0 atom stereocenters. The number of rotatable bonds is 5. The monoisotopic (exact) mass is 311 g/mol. The van der Waals surface area contributed by atoms with Gasteiger partial charge in [-0.1, -0.05) is 18.2 Å². The number of anilines is 1. The number of hydrogen-bond donors (Lipinski definition) is 3. The van der Waals surface area contributed by atoms with Gasteiger partial charge in [-0.15, -0.1) is 0 Å². The minimum Gasteiger partial charge on any atom is -0.364 e. The highest BCUT2D eigenvalue weighted by molar-refractivity contribution is 6.01. The number of carbonyl (C=O) groups excluding carboxylic acids is 2. The highest BCUT2D eigenvalue weighted by Crippen LogP contribution is 2.19. The number of carbonyl (C=O) groups is 2. The molecule has 0 radical (unpaired) electrons. The summed E-state index contributed by atoms with van der Waals surface area (Å²) < 4.78 is 1.34. The predicted octanol–water partition coefficient (Wildman–Crippen LogP) is 1.57. The number of aromatic amines is 1. The SMILES string of the molecule is Cn1ncc(NC(=O)CCc2c[nH]c3ccccc23)c1C(N)=O. The Kier molecular flexibility index (Phi) is 3.84. The molecule has 0 saturated heterocycles. The third kappa shape index (κ3) is 2.94. The topological polar surface area (TPSA) is 106 Å². The molecule has 2 amide bonds. The second kappa shape index (κ2) is 5.96. The minimum atomic E-state index is -0.628. The molecule has 3 rings (SSSR count). The molecule has 0 aliphatic carbocycles. The van der Waals surface area contributed by atoms with E-state index in [1.165, 1.54) is 10.9 Å². The summed E-state index contributed by atoms with van der Waals surface area (Å²) in [6, 6.07) is 7.94. The van der Waals surface area contributed by atoms with Crippen LogP contribution in [-0.2, 0) is 18.3 Å². The molecule has 3 aromatic rings. The summed E-state index contributed by atoms with van der Waals surface area (Å²) >= 11 is 0. The number of aryl methyl sites for hydroxylation is 2. The van der Waals surface area contributed by atoms with Gasteiger partial charge in [0.25, 0.3) is 5.91 Å². The summed E-state index contributed by atoms with van der Waals surface area (Å²) in [5.41, 5.74) is 7.94. The zero-order valence-electron chi connectivity index (χ0n) is 12.7. The molecule has 0 aliphatic rings. The van der Waals surface area contributed by atoms with Crippen molar-refractivity contribution < 1.29 is 9.59 Å². The van der Waals surface area contributed by atoms with Crippen LogP contribution in [0.2, 0.25) is 0 Å². The number of nitrogens with two attached hydrogens (primary N) is 1. The van der Waals surface area contributed by atoms with E-state index in [1.807, 2.05) is 30.5 Å². The molecule has 0 spiro atoms. The summed E-state index contributed by atoms with van der Waals surface area (Å²) in [7, 11) is 1.60. The average Bonchev–Trinajstić information content (AvgIpc) is 3.09. The van der Waals surface area contributed by atoms with Crippen molar-refractivity contribution in [1.82, 2.24) is 14.8 Å². The Bertz CT molecular complexity index is 878. The molecular weight excluding hydrogens is 294 g/mol. The van der Waals surface area contributed by atoms with E-state index < -0.39 is 5.91 Å². The number of nitrogens with zero attached hydrogens (tertiary/aromatic N) is 2. The largest absolute Gasteiger partial charge is 0.364 e. The first kappa shape index (κ1) is 14.8. The maximum Gasteiger partial charge on any atom is 0.269 e. The highest BCUT2D eigenvalue weighted by atomic mass is 16.2. The van der Waals surface area contributed by atoms with E-state index in [-0.39, 0.29) is 11.6 Å². The molecule has 118 valence electrons. The Hall–Kier alpha value is -3.09. The van der Waals surface area contributed by atoms with Crippen LogP contribution in [0.15, 0.2) is 36.7 Å². The third-order valence-electron chi connectivity index (χ3n) is 3.74. The Morgan fingerprint density at radius 2 is 2.13 bits per heavy atom. The van der Waals surface area contributed by atoms with E-state index in [2.05, 4.69) is 15.4 Å². The summed E-state index contributed by atoms with van der Waals surface area (Å²) in [6.07, 6.45) is 4.23. The van der Waals surface area contributed by atoms with Gasteiger partial charge in [0.1, 0.15) is 5.69 Å². The Balaban J connectivity index is 1.67. The molecular formula is C16H17N5O2. The molecule has 0 fully saturated rings. The normalized spacial score (nSPS) is 10.8. The van der Waals surface area contributed by atoms with E-state index >= 15 is 0 Å². The van der Waals surface area contributed by atoms with Gasteiger partial charge in [-0.2, -0.15) is 5.10 Å². The van der Waals surface area contributed by atoms with Crippen molar-refractivity contribution in [3.63, 3.8) is 0 Å². The number of hydrogen-bond acceptors (Lipinski definition) is 3. The lowest BCUT2D eigenvalue weighted by Gasteiger charge is -2.05. The van der Waals surface area contributed by atoms with Gasteiger partial charge < -0.3 is 16.0 Å². The average molecular weight is 311 g/mol. The zero-order chi connectivity index (χ0) is 16.4. The molecule has 0 saturated carbocycles. The molecule has 2 aromatic heterocycles. The molecule has 7 heteroatoms. The van der Waals surface area contributed by atoms with Crippen LogP contribution in [0.4, 0.5) is 5.69 Å². The van der Waals surface area contributed by atoms with Crippen LogP contribution in [0.1, 0.15) is 22.5 Å². The fourth-order valence-corrected chi connectivity index (χ4v) is 2.62. The van der Waals surface area contributed by atoms with Crippen molar-refractivity contribution in [3.05, 3.63) is 47.9 Å². The summed E-state index contributed by atoms with van der Waals surface area (Å²) in [6.45, 7) is 0. The standard InChI is InChI=1S/C16H17N5O2/c1-21-15(16(17)23)13(9-19-21)20-14(22)7-6-10-8-18-12-5-3-2-4-11(10)12/h2-5,8-9,18H,6-7H2,1H3,(H2,17,23)(H,20,22). The predicted molar refractivity (Wildman–Crippen MR) is 87.0 cm³/mol. The number of primary amides is 1. The van der Waals surface area contributed by atoms with Gasteiger partial charge in [0.15, 0.2) is 0 Å². The molecule has 0 aliphatic heterocycles. The summed E-state index contributed by atoms with van der Waals surface area (Å²) in [5.74, 6) is -0.817. The number of benzene rings is 1. The van der Waals surface area contributed by atoms with Crippen molar-refractivity contribution in [1.29, 1.82) is 0 Å². The lowest BCUT2D eigenvalue weighted by molar-refractivity contribution is -0.116. The number of para-hydroxylation sites is 1. The van der Waals surface area contributed by atoms with Gasteiger partial charge in [0, 0.05) is 30.6 Å². The second-order valence-corrected chi connectivity index (χ2v) is 5.30. The molecule has 23 heavy (non-hydrogen) atoms. The second-order valence-electron chi connectivity index (χ2n) is 5.30. The van der Waals surface area contributed by atoms with E-state index in [9.17, 15) is 9.59 Å². The third-order valence-corrected chi connectivity index (χ3v) is 3.74. The molecule has 0 unspecified atom stereocenters. The van der Waals surface area contributed by atoms with Crippen molar-refractivity contribution >= 4 is 28.4 Å². The minimum absolute atomic E-state index is 0.186. The highest BCUT2D eigenvalue weighted by Gasteiger charge is 2.16. The Morgan fingerprint density at radius 1 is 1.35 bits per heavy atom. The number of aromatic nitrogens is 3. The van der Waals surface area contributed by atoms with Crippen LogP contribution < -0.4 is 11.1 Å². The van der Waals surface area contributed by atoms with E-state index in [0.717, 1.165) is 16.5 Å². The van der Waals surface area contributed by atoms with Gasteiger partial charge in [-0.25, -0.2) is 0 Å². The number of amides is 2. The first-order chi connectivity index (χ1) is 11.1. The molecule has 4 N–H and O–H groups in total. The van der Waals surface area contributed by atoms with Crippen LogP contribution >= 0.6 is 0 Å². The van der Waals surface area contributed by atoms with Gasteiger partial charge in [-0.05, 0) is 18.1 Å². The van der Waals surface area contributed by atoms with Crippen molar-refractivity contribution in [3.8, 4) is 0 Å². The van der Waals surface area contributed by atoms with Gasteiger partial charge in [-0.3, -0.25) is 14.3 Å². The number of H-pyrrole nitrogens is 1. The van der Waals surface area contributed by atoms with Crippen LogP contribution in [-0.4, -0.2) is 26.6 Å². The fourth-order valence-electron chi connectivity index (χ4n) is 2.62. The Labute approximate surface area is 132 Å². The Morgan fingerprint density at radius 3 is 2.91 bits per heavy atom. The van der Waals surface area contributed by atoms with Crippen molar-refractivity contribution in [2.45, 2.75) is 12.8 Å². The first-order valence-electron chi connectivity index (χ1n) is 7.23. The fraction of sp³-hybridized carbons (Fsp3) is 0.188. The number of fused-ring (bicyclic) bond motifs is 1. The van der Waals surface area contributed by atoms with Crippen molar-refractivity contribution in [2.75, 3.05) is 5.32 Å². The van der Waals surface area contributed by atoms with E-state index in [1.54, 1.807) is 7.05 Å². The van der Waals surface area contributed by atoms with Gasteiger partial charge in [0.2, 0.25) is 5.91 Å². The van der Waals surface area contributed by atoms with Crippen LogP contribution in [0.3, 0.4) is 0 Å². The van der Waals surface area contributed by atoms with Crippen LogP contribution in [0.25, 0.3) is 10.9 Å². The summed E-state index contributed by atoms with van der Waals surface area (Å²) in [4.78, 5) is 26.7. The van der Waals surface area contributed by atoms with E-state index in [0.29, 0.717) is 18.5 Å². The smallest absolute Gasteiger partial charge is 0.269 e. The molecule has 1 aromatic carbocycles. The van der Waals surface area contributed by atoms with Crippen molar-refractivity contribution in [2.24, 2.45) is 12.8 Å². The molecule has 0 bridgehead atoms. The quantitative estimate of drug-likeness (QED) is 0.666. The van der Waals surface area contributed by atoms with Gasteiger partial charge >= 0.3 is 0 Å². The molecule has 2 heterocycles. The molecule has 7 nitrogen and oxygen atoms in total. The summed E-state index contributed by atoms with van der Waals surface area (Å²) in [5, 5.41) is 7.74. The zero-order valence-corrected chi connectivity index (χ0v) is 12.7. The van der Waals surface area contributed by atoms with E-state index in [4.69, 9.17) is 5.73 Å². The lowest BCUT2D eigenvalue weighted by Crippen LogP contribution is -2.20. The van der Waals surface area contributed by atoms with Crippen LogP contribution in [0, 0.1) is 0 Å². The van der Waals surface area contributed by atoms with Crippen LogP contribution in [0.5, 0.6) is 0 Å². The maximum atomic E-state index is 12.1.